The molecule has 0 aromatic carbocycles. The minimum Gasteiger partial charge on any atom is -0.380 e. The lowest BCUT2D eigenvalue weighted by molar-refractivity contribution is 0.114. The van der Waals surface area contributed by atoms with Gasteiger partial charge in [-0.05, 0) is 11.8 Å². The van der Waals surface area contributed by atoms with Crippen molar-refractivity contribution in [3.63, 3.8) is 0 Å². The van der Waals surface area contributed by atoms with Gasteiger partial charge in [0.05, 0.1) is 0 Å². The fourth-order valence-electron chi connectivity index (χ4n) is 0.651. The predicted molar refractivity (Wildman–Crippen MR) is 52.8 cm³/mol. The summed E-state index contributed by atoms with van der Waals surface area (Å²) in [5, 5.41) is 9.51. The van der Waals surface area contributed by atoms with Gasteiger partial charge in [0, 0.05) is 6.42 Å². The Bertz CT molecular complexity index is 166. The Morgan fingerprint density at radius 3 is 2.33 bits per heavy atom. The van der Waals surface area contributed by atoms with Crippen molar-refractivity contribution in [2.45, 2.75) is 53.1 Å². The summed E-state index contributed by atoms with van der Waals surface area (Å²) in [5.74, 6) is 5.86. The molecule has 0 aromatic heterocycles. The first-order valence-electron chi connectivity index (χ1n) is 4.65. The third-order valence-electron chi connectivity index (χ3n) is 1.71. The Morgan fingerprint density at radius 2 is 1.92 bits per heavy atom. The molecule has 1 heteroatoms. The van der Waals surface area contributed by atoms with Crippen LogP contribution < -0.4 is 0 Å². The van der Waals surface area contributed by atoms with E-state index in [-0.39, 0.29) is 5.41 Å². The molecular weight excluding hydrogens is 148 g/mol. The lowest BCUT2D eigenvalue weighted by Crippen LogP contribution is -2.23. The molecule has 0 spiro atoms. The van der Waals surface area contributed by atoms with Crippen molar-refractivity contribution in [2.24, 2.45) is 5.41 Å². The van der Waals surface area contributed by atoms with Crippen LogP contribution in [-0.2, 0) is 0 Å². The molecule has 0 amide bonds. The van der Waals surface area contributed by atoms with Gasteiger partial charge in [0.25, 0.3) is 0 Å². The molecule has 12 heavy (non-hydrogen) atoms. The van der Waals surface area contributed by atoms with Gasteiger partial charge in [0.1, 0.15) is 6.10 Å². The van der Waals surface area contributed by atoms with E-state index >= 15 is 0 Å². The van der Waals surface area contributed by atoms with E-state index in [2.05, 4.69) is 18.8 Å². The third-order valence-corrected chi connectivity index (χ3v) is 1.71. The summed E-state index contributed by atoms with van der Waals surface area (Å²) in [6, 6.07) is 0. The van der Waals surface area contributed by atoms with Crippen LogP contribution in [0.1, 0.15) is 47.0 Å². The maximum atomic E-state index is 9.51. The van der Waals surface area contributed by atoms with Gasteiger partial charge in [-0.15, -0.1) is 5.92 Å². The standard InChI is InChI=1S/C11H20O/c1-5-6-7-8-9-10(12)11(2,3)4/h10,12H,5-7H2,1-4H3/t10-/m0/s1. The molecule has 0 heterocycles. The first-order valence-corrected chi connectivity index (χ1v) is 4.65. The average Bonchev–Trinajstić information content (AvgIpc) is 1.96. The molecule has 0 fully saturated rings. The summed E-state index contributed by atoms with van der Waals surface area (Å²) >= 11 is 0. The van der Waals surface area contributed by atoms with Gasteiger partial charge in [0.2, 0.25) is 0 Å². The van der Waals surface area contributed by atoms with Crippen LogP contribution in [0.5, 0.6) is 0 Å². The molecule has 0 rings (SSSR count). The zero-order valence-corrected chi connectivity index (χ0v) is 8.65. The van der Waals surface area contributed by atoms with Crippen molar-refractivity contribution >= 4 is 0 Å². The zero-order chi connectivity index (χ0) is 9.61. The predicted octanol–water partition coefficient (Wildman–Crippen LogP) is 2.59. The van der Waals surface area contributed by atoms with E-state index in [9.17, 15) is 5.11 Å². The van der Waals surface area contributed by atoms with Crippen LogP contribution in [0.25, 0.3) is 0 Å². The molecule has 70 valence electrons. The van der Waals surface area contributed by atoms with E-state index < -0.39 is 6.10 Å². The normalized spacial score (nSPS) is 13.4. The Balaban J connectivity index is 3.79. The van der Waals surface area contributed by atoms with E-state index in [1.807, 2.05) is 20.8 Å². The van der Waals surface area contributed by atoms with E-state index in [0.29, 0.717) is 0 Å². The van der Waals surface area contributed by atoms with Gasteiger partial charge < -0.3 is 5.11 Å². The monoisotopic (exact) mass is 168 g/mol. The maximum Gasteiger partial charge on any atom is 0.119 e. The Kier molecular flexibility index (Phi) is 5.01. The van der Waals surface area contributed by atoms with E-state index in [1.54, 1.807) is 0 Å². The number of rotatable bonds is 2. The van der Waals surface area contributed by atoms with Gasteiger partial charge in [0.15, 0.2) is 0 Å². The van der Waals surface area contributed by atoms with E-state index in [1.165, 1.54) is 6.42 Å². The molecule has 1 N–H and O–H groups in total. The van der Waals surface area contributed by atoms with Crippen LogP contribution in [-0.4, -0.2) is 11.2 Å². The Hall–Kier alpha value is -0.480. The number of aliphatic hydroxyl groups is 1. The van der Waals surface area contributed by atoms with Crippen LogP contribution >= 0.6 is 0 Å². The fourth-order valence-corrected chi connectivity index (χ4v) is 0.651. The molecule has 0 unspecified atom stereocenters. The highest BCUT2D eigenvalue weighted by Gasteiger charge is 2.19. The fraction of sp³-hybridized carbons (Fsp3) is 0.818. The smallest absolute Gasteiger partial charge is 0.119 e. The third kappa shape index (κ3) is 5.21. The molecule has 0 aliphatic carbocycles. The highest BCUT2D eigenvalue weighted by Crippen LogP contribution is 2.17. The van der Waals surface area contributed by atoms with Gasteiger partial charge in [-0.3, -0.25) is 0 Å². The molecular formula is C11H20O. The highest BCUT2D eigenvalue weighted by molar-refractivity contribution is 5.07. The summed E-state index contributed by atoms with van der Waals surface area (Å²) in [4.78, 5) is 0. The molecule has 0 aliphatic rings. The number of hydrogen-bond donors (Lipinski definition) is 1. The summed E-state index contributed by atoms with van der Waals surface area (Å²) in [5.41, 5.74) is -0.112. The van der Waals surface area contributed by atoms with Gasteiger partial charge in [-0.2, -0.15) is 0 Å². The SMILES string of the molecule is CCCCC#C[C@H](O)C(C)(C)C. The molecule has 0 aliphatic heterocycles. The van der Waals surface area contributed by atoms with Crippen molar-refractivity contribution in [1.82, 2.24) is 0 Å². The summed E-state index contributed by atoms with van der Waals surface area (Å²) in [6.45, 7) is 8.12. The Labute approximate surface area is 76.2 Å². The van der Waals surface area contributed by atoms with Crippen molar-refractivity contribution in [2.75, 3.05) is 0 Å². The summed E-state index contributed by atoms with van der Waals surface area (Å²) in [7, 11) is 0. The average molecular weight is 168 g/mol. The van der Waals surface area contributed by atoms with Gasteiger partial charge in [-0.1, -0.05) is 40.0 Å². The second-order valence-electron chi connectivity index (χ2n) is 4.19. The van der Waals surface area contributed by atoms with Crippen molar-refractivity contribution in [1.29, 1.82) is 0 Å². The molecule has 0 aromatic rings. The second-order valence-corrected chi connectivity index (χ2v) is 4.19. The number of aliphatic hydroxyl groups excluding tert-OH is 1. The van der Waals surface area contributed by atoms with Crippen LogP contribution in [0.4, 0.5) is 0 Å². The van der Waals surface area contributed by atoms with Crippen LogP contribution in [0, 0.1) is 17.3 Å². The molecule has 0 saturated carbocycles. The maximum absolute atomic E-state index is 9.51. The van der Waals surface area contributed by atoms with Crippen molar-refractivity contribution < 1.29 is 5.11 Å². The van der Waals surface area contributed by atoms with Crippen LogP contribution in [0.15, 0.2) is 0 Å². The molecule has 1 atom stereocenters. The zero-order valence-electron chi connectivity index (χ0n) is 8.65. The largest absolute Gasteiger partial charge is 0.380 e. The first kappa shape index (κ1) is 11.5. The Morgan fingerprint density at radius 1 is 1.33 bits per heavy atom. The van der Waals surface area contributed by atoms with E-state index in [4.69, 9.17) is 0 Å². The molecule has 0 saturated heterocycles. The van der Waals surface area contributed by atoms with Crippen LogP contribution in [0.3, 0.4) is 0 Å². The molecule has 1 nitrogen and oxygen atoms in total. The summed E-state index contributed by atoms with van der Waals surface area (Å²) in [6.07, 6.45) is 2.71. The lowest BCUT2D eigenvalue weighted by atomic mass is 9.89. The topological polar surface area (TPSA) is 20.2 Å². The quantitative estimate of drug-likeness (QED) is 0.496. The minimum absolute atomic E-state index is 0.112. The number of hydrogen-bond acceptors (Lipinski definition) is 1. The first-order chi connectivity index (χ1) is 5.48. The number of unbranched alkanes of at least 4 members (excludes halogenated alkanes) is 2. The summed E-state index contributed by atoms with van der Waals surface area (Å²) < 4.78 is 0. The highest BCUT2D eigenvalue weighted by atomic mass is 16.3. The molecule has 0 bridgehead atoms. The molecule has 0 radical (unpaired) electrons. The van der Waals surface area contributed by atoms with Crippen molar-refractivity contribution in [3.8, 4) is 11.8 Å². The van der Waals surface area contributed by atoms with Crippen LogP contribution in [0.2, 0.25) is 0 Å². The van der Waals surface area contributed by atoms with E-state index in [0.717, 1.165) is 12.8 Å². The lowest BCUT2D eigenvalue weighted by Gasteiger charge is -2.20. The minimum atomic E-state index is -0.491. The van der Waals surface area contributed by atoms with Gasteiger partial charge in [-0.25, -0.2) is 0 Å². The van der Waals surface area contributed by atoms with Crippen molar-refractivity contribution in [3.05, 3.63) is 0 Å². The second kappa shape index (κ2) is 5.22. The van der Waals surface area contributed by atoms with Gasteiger partial charge >= 0.3 is 0 Å².